The zero-order valence-corrected chi connectivity index (χ0v) is 15.3. The Balaban J connectivity index is 1.93. The van der Waals surface area contributed by atoms with Crippen molar-refractivity contribution >= 4 is 17.6 Å². The minimum absolute atomic E-state index is 0.161. The van der Waals surface area contributed by atoms with Crippen molar-refractivity contribution in [3.8, 4) is 0 Å². The predicted molar refractivity (Wildman–Crippen MR) is 94.0 cm³/mol. The molecular formula is C18H27NO4S. The van der Waals surface area contributed by atoms with E-state index in [1.807, 2.05) is 31.2 Å². The summed E-state index contributed by atoms with van der Waals surface area (Å²) in [4.78, 5) is 11.7. The molecule has 1 N–H and O–H groups in total. The van der Waals surface area contributed by atoms with Crippen molar-refractivity contribution in [3.05, 3.63) is 29.8 Å². The lowest BCUT2D eigenvalue weighted by Gasteiger charge is -2.29. The number of rotatable bonds is 10. The molecule has 0 amide bonds. The van der Waals surface area contributed by atoms with Crippen molar-refractivity contribution in [2.75, 3.05) is 13.2 Å². The largest absolute Gasteiger partial charge is 0.593 e. The molecule has 1 fully saturated rings. The summed E-state index contributed by atoms with van der Waals surface area (Å²) in [5.74, 6) is -0.539. The molecule has 0 radical (unpaired) electrons. The number of aryl methyl sites for hydroxylation is 1. The zero-order valence-electron chi connectivity index (χ0n) is 14.5. The highest BCUT2D eigenvalue weighted by molar-refractivity contribution is 7.89. The van der Waals surface area contributed by atoms with Gasteiger partial charge in [-0.1, -0.05) is 31.0 Å². The maximum Gasteiger partial charge on any atom is 0.173 e. The van der Waals surface area contributed by atoms with Crippen molar-refractivity contribution in [3.63, 3.8) is 0 Å². The number of nitrogens with one attached hydrogen (secondary N) is 1. The molecule has 2 rings (SSSR count). The number of hydrogen-bond acceptors (Lipinski definition) is 5. The second-order valence-electron chi connectivity index (χ2n) is 6.20. The van der Waals surface area contributed by atoms with Gasteiger partial charge in [0.15, 0.2) is 10.7 Å². The molecule has 0 aliphatic carbocycles. The third-order valence-electron chi connectivity index (χ3n) is 4.21. The average molecular weight is 353 g/mol. The highest BCUT2D eigenvalue weighted by atomic mass is 32.2. The molecule has 1 aromatic carbocycles. The molecule has 1 unspecified atom stereocenters. The third kappa shape index (κ3) is 5.57. The summed E-state index contributed by atoms with van der Waals surface area (Å²) in [6.45, 7) is 5.31. The Morgan fingerprint density at radius 3 is 2.54 bits per heavy atom. The van der Waals surface area contributed by atoms with E-state index in [0.29, 0.717) is 37.4 Å². The van der Waals surface area contributed by atoms with Gasteiger partial charge in [-0.05, 0) is 25.5 Å². The van der Waals surface area contributed by atoms with Crippen molar-refractivity contribution in [2.24, 2.45) is 0 Å². The van der Waals surface area contributed by atoms with Gasteiger partial charge in [0.1, 0.15) is 6.29 Å². The van der Waals surface area contributed by atoms with E-state index >= 15 is 0 Å². The lowest BCUT2D eigenvalue weighted by atomic mass is 10.0. The Morgan fingerprint density at radius 2 is 1.96 bits per heavy atom. The number of hydrogen-bond donors (Lipinski definition) is 1. The first-order chi connectivity index (χ1) is 11.6. The molecule has 1 aliphatic rings. The van der Waals surface area contributed by atoms with Gasteiger partial charge in [0.05, 0.1) is 30.6 Å². The van der Waals surface area contributed by atoms with Crippen LogP contribution in [0.2, 0.25) is 0 Å². The third-order valence-corrected chi connectivity index (χ3v) is 5.46. The van der Waals surface area contributed by atoms with Gasteiger partial charge in [-0.2, -0.15) is 0 Å². The summed E-state index contributed by atoms with van der Waals surface area (Å²) in [6.07, 6.45) is 4.36. The number of benzene rings is 1. The van der Waals surface area contributed by atoms with Gasteiger partial charge in [-0.3, -0.25) is 0 Å². The molecule has 0 spiro atoms. The summed E-state index contributed by atoms with van der Waals surface area (Å²) in [5.41, 5.74) is 1.12. The molecule has 0 aromatic heterocycles. The fourth-order valence-corrected chi connectivity index (χ4v) is 3.94. The first-order valence-corrected chi connectivity index (χ1v) is 9.70. The molecule has 0 saturated carbocycles. The molecule has 0 bridgehead atoms. The first-order valence-electron chi connectivity index (χ1n) is 8.55. The number of carbonyl (C=O) groups excluding carboxylic acids is 1. The van der Waals surface area contributed by atoms with Gasteiger partial charge in [0, 0.05) is 19.3 Å². The number of carbonyl (C=O) groups is 1. The highest BCUT2D eigenvalue weighted by Crippen LogP contribution is 2.31. The van der Waals surface area contributed by atoms with E-state index in [2.05, 4.69) is 11.6 Å². The fourth-order valence-electron chi connectivity index (χ4n) is 2.91. The van der Waals surface area contributed by atoms with Gasteiger partial charge in [0.25, 0.3) is 0 Å². The maximum absolute atomic E-state index is 12.5. The molecule has 1 saturated heterocycles. The monoisotopic (exact) mass is 353 g/mol. The Morgan fingerprint density at radius 1 is 1.29 bits per heavy atom. The Bertz CT molecular complexity index is 502. The first kappa shape index (κ1) is 19.4. The quantitative estimate of drug-likeness (QED) is 0.517. The van der Waals surface area contributed by atoms with E-state index in [0.717, 1.165) is 24.7 Å². The van der Waals surface area contributed by atoms with Gasteiger partial charge in [-0.15, -0.1) is 4.72 Å². The van der Waals surface area contributed by atoms with Gasteiger partial charge < -0.3 is 18.8 Å². The number of aldehydes is 1. The molecule has 1 heterocycles. The Hall–Kier alpha value is -0.920. The molecule has 1 aromatic rings. The van der Waals surface area contributed by atoms with Crippen LogP contribution >= 0.6 is 0 Å². The molecule has 24 heavy (non-hydrogen) atoms. The minimum Gasteiger partial charge on any atom is -0.593 e. The summed E-state index contributed by atoms with van der Waals surface area (Å²) in [7, 11) is 0. The van der Waals surface area contributed by atoms with Crippen LogP contribution < -0.4 is 4.72 Å². The van der Waals surface area contributed by atoms with Gasteiger partial charge in [0.2, 0.25) is 0 Å². The second kappa shape index (κ2) is 9.53. The van der Waals surface area contributed by atoms with Gasteiger partial charge in [-0.25, -0.2) is 0 Å². The van der Waals surface area contributed by atoms with Crippen LogP contribution in [0.5, 0.6) is 0 Å². The lowest BCUT2D eigenvalue weighted by Crippen LogP contribution is -2.38. The standard InChI is InChI=1S/C18H27NO4S/c1-3-10-18(22-13-14-23-18)11-8-16(9-12-20)19-24(21)17-6-4-15(2)5-7-17/h4-7,12,16,19H,3,8-11,13-14H2,1-2H3/t16-,24?/m0/s1. The van der Waals surface area contributed by atoms with Crippen LogP contribution in [0.15, 0.2) is 29.2 Å². The van der Waals surface area contributed by atoms with Gasteiger partial charge >= 0.3 is 0 Å². The molecule has 2 atom stereocenters. The van der Waals surface area contributed by atoms with Crippen LogP contribution in [-0.2, 0) is 25.6 Å². The zero-order chi connectivity index (χ0) is 17.4. The second-order valence-corrected chi connectivity index (χ2v) is 7.44. The highest BCUT2D eigenvalue weighted by Gasteiger charge is 2.36. The minimum atomic E-state index is -1.33. The Labute approximate surface area is 147 Å². The predicted octanol–water partition coefficient (Wildman–Crippen LogP) is 2.89. The number of ether oxygens (including phenoxy) is 2. The molecular weight excluding hydrogens is 326 g/mol. The van der Waals surface area contributed by atoms with E-state index in [1.165, 1.54) is 0 Å². The van der Waals surface area contributed by atoms with E-state index in [4.69, 9.17) is 9.47 Å². The van der Waals surface area contributed by atoms with Crippen molar-refractivity contribution in [1.82, 2.24) is 4.72 Å². The molecule has 134 valence electrons. The fraction of sp³-hybridized carbons (Fsp3) is 0.611. The van der Waals surface area contributed by atoms with Crippen LogP contribution in [0, 0.1) is 6.92 Å². The summed E-state index contributed by atoms with van der Waals surface area (Å²) < 4.78 is 27.1. The van der Waals surface area contributed by atoms with Crippen LogP contribution in [0.3, 0.4) is 0 Å². The molecule has 5 nitrogen and oxygen atoms in total. The summed E-state index contributed by atoms with van der Waals surface area (Å²) in [5, 5.41) is 0. The SMILES string of the molecule is CCCC1(CC[C@@H](CC=O)N[S+]([O-])c2ccc(C)cc2)OCCO1. The Kier molecular flexibility index (Phi) is 7.71. The van der Waals surface area contributed by atoms with Crippen LogP contribution in [0.4, 0.5) is 0 Å². The van der Waals surface area contributed by atoms with E-state index in [1.54, 1.807) is 0 Å². The van der Waals surface area contributed by atoms with E-state index < -0.39 is 17.1 Å². The van der Waals surface area contributed by atoms with Crippen LogP contribution in [0.25, 0.3) is 0 Å². The smallest absolute Gasteiger partial charge is 0.173 e. The molecule has 1 aliphatic heterocycles. The summed E-state index contributed by atoms with van der Waals surface area (Å²) >= 11 is -1.33. The van der Waals surface area contributed by atoms with Crippen LogP contribution in [0.1, 0.15) is 44.6 Å². The maximum atomic E-state index is 12.5. The molecule has 6 heteroatoms. The van der Waals surface area contributed by atoms with Crippen molar-refractivity contribution < 1.29 is 18.8 Å². The van der Waals surface area contributed by atoms with Crippen LogP contribution in [-0.4, -0.2) is 35.9 Å². The van der Waals surface area contributed by atoms with Crippen molar-refractivity contribution in [1.29, 1.82) is 0 Å². The van der Waals surface area contributed by atoms with E-state index in [9.17, 15) is 9.35 Å². The van der Waals surface area contributed by atoms with Crippen molar-refractivity contribution in [2.45, 2.75) is 62.7 Å². The topological polar surface area (TPSA) is 70.6 Å². The summed E-state index contributed by atoms with van der Waals surface area (Å²) in [6, 6.07) is 7.39. The van der Waals surface area contributed by atoms with E-state index in [-0.39, 0.29) is 6.04 Å². The normalized spacial score (nSPS) is 19.1. The average Bonchev–Trinajstić information content (AvgIpc) is 3.03. The lowest BCUT2D eigenvalue weighted by molar-refractivity contribution is -0.168.